The van der Waals surface area contributed by atoms with E-state index in [1.165, 1.54) is 24.1 Å². The maximum Gasteiger partial charge on any atom is 0.321 e. The number of carbonyl (C=O) groups excluding carboxylic acids is 9. The molecule has 3 aromatic carbocycles. The van der Waals surface area contributed by atoms with Crippen molar-refractivity contribution in [3.63, 3.8) is 0 Å². The van der Waals surface area contributed by atoms with E-state index in [9.17, 15) is 58.2 Å². The van der Waals surface area contributed by atoms with Gasteiger partial charge in [0.25, 0.3) is 0 Å². The Balaban J connectivity index is 1.37. The van der Waals surface area contributed by atoms with Crippen LogP contribution in [0.15, 0.2) is 102 Å². The monoisotopic (exact) mass is 1140 g/mol. The first-order valence-electron chi connectivity index (χ1n) is 27.4. The zero-order valence-corrected chi connectivity index (χ0v) is 46.0. The van der Waals surface area contributed by atoms with Gasteiger partial charge in [-0.3, -0.25) is 58.3 Å². The predicted octanol–water partition coefficient (Wildman–Crippen LogP) is -0.970. The molecule has 2 aliphatic heterocycles. The summed E-state index contributed by atoms with van der Waals surface area (Å²) in [6.07, 6.45) is 5.03. The van der Waals surface area contributed by atoms with Gasteiger partial charge in [-0.15, -0.1) is 0 Å². The Hall–Kier alpha value is -8.87. The summed E-state index contributed by atoms with van der Waals surface area (Å²) in [5.74, 6) is -8.15. The number of nitrogens with zero attached hydrogens (tertiary/aromatic N) is 3. The number of carboxylic acid groups (broad SMARTS) is 1. The van der Waals surface area contributed by atoms with Crippen molar-refractivity contribution in [1.82, 2.24) is 41.7 Å². The molecule has 0 unspecified atom stereocenters. The number of rotatable bonds is 24. The fourth-order valence-corrected chi connectivity index (χ4v) is 9.61. The Bertz CT molecular complexity index is 2740. The molecule has 9 amide bonds. The Morgan fingerprint density at radius 3 is 1.98 bits per heavy atom. The lowest BCUT2D eigenvalue weighted by atomic mass is 10.0. The average molecular weight is 1140 g/mol. The van der Waals surface area contributed by atoms with Crippen LogP contribution < -0.4 is 54.8 Å². The molecule has 8 atom stereocenters. The zero-order valence-electron chi connectivity index (χ0n) is 46.0. The predicted molar refractivity (Wildman–Crippen MR) is 302 cm³/mol. The van der Waals surface area contributed by atoms with Gasteiger partial charge in [0.1, 0.15) is 48.0 Å². The highest BCUT2D eigenvalue weighted by Crippen LogP contribution is 2.22. The highest BCUT2D eigenvalue weighted by Gasteiger charge is 2.40. The van der Waals surface area contributed by atoms with Crippen LogP contribution >= 0.6 is 0 Å². The van der Waals surface area contributed by atoms with Crippen molar-refractivity contribution >= 4 is 65.1 Å². The Labute approximate surface area is 475 Å². The molecule has 0 spiro atoms. The lowest BCUT2D eigenvalue weighted by Gasteiger charge is -2.32. The summed E-state index contributed by atoms with van der Waals surface area (Å²) >= 11 is 0. The number of phenolic OH excluding ortho intramolecular Hbond substituents is 1. The number of nitrogens with one attached hydrogen (secondary N) is 6. The number of carbonyl (C=O) groups is 10. The molecule has 1 fully saturated rings. The van der Waals surface area contributed by atoms with E-state index in [1.807, 2.05) is 0 Å². The van der Waals surface area contributed by atoms with E-state index in [1.54, 1.807) is 84.9 Å². The first-order valence-corrected chi connectivity index (χ1v) is 27.4. The maximum atomic E-state index is 14.8. The van der Waals surface area contributed by atoms with E-state index in [0.717, 1.165) is 4.90 Å². The molecule has 0 radical (unpaired) electrons. The van der Waals surface area contributed by atoms with Crippen molar-refractivity contribution in [2.75, 3.05) is 26.7 Å². The van der Waals surface area contributed by atoms with Crippen LogP contribution in [-0.2, 0) is 67.2 Å². The molecule has 442 valence electrons. The molecule has 2 aliphatic rings. The molecular weight excluding hydrogens is 1060 g/mol. The van der Waals surface area contributed by atoms with Crippen LogP contribution in [0.4, 0.5) is 0 Å². The van der Waals surface area contributed by atoms with E-state index in [-0.39, 0.29) is 89.0 Å². The highest BCUT2D eigenvalue weighted by molar-refractivity contribution is 5.98. The van der Waals surface area contributed by atoms with Crippen molar-refractivity contribution in [2.24, 2.45) is 27.9 Å². The summed E-state index contributed by atoms with van der Waals surface area (Å²) in [6.45, 7) is -0.419. The van der Waals surface area contributed by atoms with Gasteiger partial charge in [-0.25, -0.2) is 0 Å². The molecule has 0 aromatic heterocycles. The Morgan fingerprint density at radius 2 is 1.34 bits per heavy atom. The number of aliphatic imine (C=N–C) groups is 1. The van der Waals surface area contributed by atoms with Gasteiger partial charge >= 0.3 is 5.97 Å². The number of likely N-dealkylation sites (N-methyl/N-ethyl adjacent to an activating group) is 1. The molecule has 25 nitrogen and oxygen atoms in total. The molecule has 82 heavy (non-hydrogen) atoms. The fourth-order valence-electron chi connectivity index (χ4n) is 9.61. The molecule has 3 aromatic rings. The summed E-state index contributed by atoms with van der Waals surface area (Å²) in [7, 11) is 1.39. The van der Waals surface area contributed by atoms with E-state index in [0.29, 0.717) is 42.4 Å². The number of carboxylic acids is 1. The van der Waals surface area contributed by atoms with Gasteiger partial charge < -0.3 is 69.5 Å². The summed E-state index contributed by atoms with van der Waals surface area (Å²) < 4.78 is 0. The van der Waals surface area contributed by atoms with Crippen LogP contribution in [-0.4, -0.2) is 160 Å². The minimum Gasteiger partial charge on any atom is -0.508 e. The number of likely N-dealkylation sites (tertiary alicyclic amines) is 1. The second-order valence-corrected chi connectivity index (χ2v) is 20.4. The third kappa shape index (κ3) is 20.7. The third-order valence-corrected chi connectivity index (χ3v) is 14.2. The van der Waals surface area contributed by atoms with Crippen molar-refractivity contribution in [3.8, 4) is 5.75 Å². The van der Waals surface area contributed by atoms with Crippen LogP contribution in [0.5, 0.6) is 5.75 Å². The number of phenols is 1. The standard InChI is InChI=1S/C57H77N13O12/c1-69-46(33-36-17-9-6-10-18-36)54(79)67-42(20-12-4-2-3-11-19-39(50(75)63-34-48(69)73)64-44(56(81)82)32-37-23-25-38(71)26-24-37)55(80)70-30-14-22-45(70)53(78)66-41(27-28-47(58)72)52(77)65-40(21-13-29-62-57(60)61)51(76)68-43(49(59)74)31-35-15-7-5-8-16-35/h4-10,12,15-18,23-26,39-46,64,71H,2-3,11,13-14,19-22,27-34H2,1H3,(H2,58,72)(H2,59,74)(H,63,75)(H,65,77)(H,66,78)(H,67,79)(H,68,76)(H,81,82)(H4,60,61,62)/b12-4-/t39-,40+,41+,42+,43+,44+,45+,46+/m1/s1. The number of hydrogen-bond acceptors (Lipinski definition) is 13. The average Bonchev–Trinajstić information content (AvgIpc) is 3.95. The smallest absolute Gasteiger partial charge is 0.321 e. The van der Waals surface area contributed by atoms with Gasteiger partial charge in [0.05, 0.1) is 12.6 Å². The van der Waals surface area contributed by atoms with Crippen molar-refractivity contribution in [3.05, 3.63) is 114 Å². The number of amides is 9. The lowest BCUT2D eigenvalue weighted by molar-refractivity contribution is -0.144. The van der Waals surface area contributed by atoms with E-state index in [4.69, 9.17) is 22.9 Å². The molecular formula is C57H77N13O12. The van der Waals surface area contributed by atoms with Gasteiger partial charge in [-0.2, -0.15) is 0 Å². The van der Waals surface area contributed by atoms with Crippen molar-refractivity contribution in [1.29, 1.82) is 0 Å². The number of benzene rings is 3. The SMILES string of the molecule is CN1C(=O)CNC(=O)[C@H](N[C@@H](Cc2ccc(O)cc2)C(=O)O)CCCC/C=C\C[C@@H](C(=O)N2CCC[C@H]2C(=O)N[C@@H](CCC(N)=O)C(=O)N[C@@H](CCCN=C(N)N)C(=O)N[C@@H](Cc2ccccc2)C(N)=O)NC(=O)[C@@H]1Cc1ccccc1. The minimum absolute atomic E-state index is 0.00462. The van der Waals surface area contributed by atoms with E-state index in [2.05, 4.69) is 36.9 Å². The Morgan fingerprint density at radius 1 is 0.720 bits per heavy atom. The number of hydrogen-bond donors (Lipinski definition) is 12. The van der Waals surface area contributed by atoms with Crippen LogP contribution in [0.25, 0.3) is 0 Å². The largest absolute Gasteiger partial charge is 0.508 e. The first-order chi connectivity index (χ1) is 39.2. The molecule has 16 N–H and O–H groups in total. The quantitative estimate of drug-likeness (QED) is 0.0222. The molecule has 2 heterocycles. The van der Waals surface area contributed by atoms with Crippen LogP contribution in [0.1, 0.15) is 87.3 Å². The summed E-state index contributed by atoms with van der Waals surface area (Å²) in [4.78, 5) is 143. The lowest BCUT2D eigenvalue weighted by Crippen LogP contribution is -2.59. The third-order valence-electron chi connectivity index (χ3n) is 14.2. The van der Waals surface area contributed by atoms with Gasteiger partial charge in [-0.05, 0) is 93.0 Å². The van der Waals surface area contributed by atoms with Gasteiger partial charge in [0.15, 0.2) is 5.96 Å². The zero-order chi connectivity index (χ0) is 59.7. The highest BCUT2D eigenvalue weighted by atomic mass is 16.4. The molecule has 5 rings (SSSR count). The first kappa shape index (κ1) is 64.0. The van der Waals surface area contributed by atoms with Gasteiger partial charge in [0.2, 0.25) is 53.2 Å². The molecule has 25 heteroatoms. The summed E-state index contributed by atoms with van der Waals surface area (Å²) in [5.41, 5.74) is 24.1. The van der Waals surface area contributed by atoms with Crippen LogP contribution in [0, 0.1) is 0 Å². The molecule has 0 bridgehead atoms. The fraction of sp³-hybridized carbons (Fsp3) is 0.456. The Kier molecular flexibility index (Phi) is 25.3. The number of allylic oxidation sites excluding steroid dienone is 1. The number of aromatic hydroxyl groups is 1. The number of guanidine groups is 1. The van der Waals surface area contributed by atoms with Gasteiger partial charge in [0, 0.05) is 39.4 Å². The second kappa shape index (κ2) is 32.4. The normalized spacial score (nSPS) is 20.0. The second-order valence-electron chi connectivity index (χ2n) is 20.4. The molecule has 0 aliphatic carbocycles. The van der Waals surface area contributed by atoms with Gasteiger partial charge in [-0.1, -0.05) is 91.4 Å². The topological polar surface area (TPSA) is 406 Å². The number of aliphatic carboxylic acids is 1. The summed E-state index contributed by atoms with van der Waals surface area (Å²) in [6, 6.07) is 13.7. The van der Waals surface area contributed by atoms with Crippen molar-refractivity contribution in [2.45, 2.75) is 138 Å². The number of primary amides is 2. The van der Waals surface area contributed by atoms with E-state index < -0.39 is 114 Å². The van der Waals surface area contributed by atoms with Crippen LogP contribution in [0.3, 0.4) is 0 Å². The van der Waals surface area contributed by atoms with Crippen molar-refractivity contribution < 1.29 is 58.2 Å². The maximum absolute atomic E-state index is 14.8. The van der Waals surface area contributed by atoms with E-state index >= 15 is 0 Å². The molecule has 1 saturated heterocycles. The van der Waals surface area contributed by atoms with Crippen LogP contribution in [0.2, 0.25) is 0 Å². The minimum atomic E-state index is -1.47. The summed E-state index contributed by atoms with van der Waals surface area (Å²) in [5, 5.41) is 36.2. The molecule has 0 saturated carbocycles. The number of nitrogens with two attached hydrogens (primary N) is 4.